The van der Waals surface area contributed by atoms with E-state index in [1.54, 1.807) is 0 Å². The standard InChI is InChI=1S/C11H12N4/c1-3-14-7-5-12-10(14)9-11-13-6-8-15(11)4-2/h1-2H,5-9H2/p+2. The average molecular weight is 202 g/mol. The Morgan fingerprint density at radius 2 is 1.47 bits per heavy atom. The zero-order valence-electron chi connectivity index (χ0n) is 8.58. The molecule has 0 aliphatic carbocycles. The van der Waals surface area contributed by atoms with Crippen molar-refractivity contribution in [3.8, 4) is 24.9 Å². The molecule has 2 aliphatic heterocycles. The van der Waals surface area contributed by atoms with Crippen LogP contribution in [0.5, 0.6) is 0 Å². The smallest absolute Gasteiger partial charge is 0.270 e. The number of nitrogens with zero attached hydrogens (tertiary/aromatic N) is 2. The molecule has 0 bridgehead atoms. The van der Waals surface area contributed by atoms with Gasteiger partial charge in [-0.05, 0) is 0 Å². The van der Waals surface area contributed by atoms with E-state index < -0.39 is 0 Å². The minimum Gasteiger partial charge on any atom is -0.273 e. The van der Waals surface area contributed by atoms with E-state index in [-0.39, 0.29) is 0 Å². The van der Waals surface area contributed by atoms with Gasteiger partial charge in [-0.2, -0.15) is 9.15 Å². The van der Waals surface area contributed by atoms with Gasteiger partial charge in [-0.15, -0.1) is 0 Å². The predicted octanol–water partition coefficient (Wildman–Crippen LogP) is -1.41. The van der Waals surface area contributed by atoms with Crippen molar-refractivity contribution >= 4 is 11.7 Å². The van der Waals surface area contributed by atoms with Crippen molar-refractivity contribution in [1.29, 1.82) is 0 Å². The molecule has 0 aromatic carbocycles. The second-order valence-corrected chi connectivity index (χ2v) is 3.49. The molecule has 0 aromatic heterocycles. The number of terminal acetylenes is 2. The Labute approximate surface area is 89.7 Å². The monoisotopic (exact) mass is 202 g/mol. The third-order valence-electron chi connectivity index (χ3n) is 2.63. The van der Waals surface area contributed by atoms with Crippen LogP contribution >= 0.6 is 0 Å². The zero-order chi connectivity index (χ0) is 10.7. The van der Waals surface area contributed by atoms with Crippen molar-refractivity contribution in [1.82, 2.24) is 10.6 Å². The van der Waals surface area contributed by atoms with E-state index in [4.69, 9.17) is 12.8 Å². The Bertz CT molecular complexity index is 377. The van der Waals surface area contributed by atoms with Crippen LogP contribution in [-0.4, -0.2) is 47.0 Å². The van der Waals surface area contributed by atoms with Crippen molar-refractivity contribution in [2.24, 2.45) is 0 Å². The zero-order valence-corrected chi connectivity index (χ0v) is 8.58. The van der Waals surface area contributed by atoms with Crippen LogP contribution in [0, 0.1) is 24.9 Å². The number of nitrogens with one attached hydrogen (secondary N) is 2. The summed E-state index contributed by atoms with van der Waals surface area (Å²) in [6.45, 7) is 3.55. The minimum absolute atomic E-state index is 0.758. The van der Waals surface area contributed by atoms with E-state index in [1.807, 2.05) is 9.15 Å². The molecule has 0 fully saturated rings. The van der Waals surface area contributed by atoms with Gasteiger partial charge in [0.25, 0.3) is 11.7 Å². The lowest BCUT2D eigenvalue weighted by Gasteiger charge is -1.96. The summed E-state index contributed by atoms with van der Waals surface area (Å²) < 4.78 is 3.78. The molecule has 0 atom stereocenters. The van der Waals surface area contributed by atoms with Crippen LogP contribution in [0.2, 0.25) is 0 Å². The van der Waals surface area contributed by atoms with Gasteiger partial charge in [0.05, 0.1) is 0 Å². The molecule has 2 N–H and O–H groups in total. The molecule has 0 aromatic rings. The molecule has 0 unspecified atom stereocenters. The Kier molecular flexibility index (Phi) is 2.60. The maximum absolute atomic E-state index is 5.40. The molecule has 2 aliphatic rings. The highest BCUT2D eigenvalue weighted by Crippen LogP contribution is 1.96. The molecule has 0 saturated carbocycles. The predicted molar refractivity (Wildman–Crippen MR) is 58.6 cm³/mol. The van der Waals surface area contributed by atoms with Crippen LogP contribution in [0.4, 0.5) is 0 Å². The van der Waals surface area contributed by atoms with E-state index in [1.165, 1.54) is 0 Å². The lowest BCUT2D eigenvalue weighted by Crippen LogP contribution is -2.31. The quantitative estimate of drug-likeness (QED) is 0.425. The van der Waals surface area contributed by atoms with Crippen molar-refractivity contribution in [3.63, 3.8) is 0 Å². The van der Waals surface area contributed by atoms with Gasteiger partial charge in [0.15, 0.2) is 6.42 Å². The van der Waals surface area contributed by atoms with E-state index in [9.17, 15) is 0 Å². The maximum Gasteiger partial charge on any atom is 0.270 e. The highest BCUT2D eigenvalue weighted by Gasteiger charge is 2.28. The summed E-state index contributed by atoms with van der Waals surface area (Å²) in [5.41, 5.74) is 0. The second kappa shape index (κ2) is 4.06. The van der Waals surface area contributed by atoms with Gasteiger partial charge in [-0.25, -0.2) is 0 Å². The molecule has 4 nitrogen and oxygen atoms in total. The molecule has 0 amide bonds. The van der Waals surface area contributed by atoms with Gasteiger partial charge >= 0.3 is 0 Å². The SMILES string of the molecule is C#C[N+]1=C(CC2=[N+](C#C)CCN2)NCC1. The number of amidine groups is 2. The molecule has 0 radical (unpaired) electrons. The normalized spacial score (nSPS) is 19.6. The first-order valence-electron chi connectivity index (χ1n) is 5.02. The Balaban J connectivity index is 2.17. The van der Waals surface area contributed by atoms with Crippen LogP contribution < -0.4 is 10.6 Å². The van der Waals surface area contributed by atoms with Crippen LogP contribution in [0.15, 0.2) is 0 Å². The van der Waals surface area contributed by atoms with Crippen molar-refractivity contribution in [3.05, 3.63) is 0 Å². The Hall–Kier alpha value is -1.94. The van der Waals surface area contributed by atoms with Gasteiger partial charge in [0, 0.05) is 0 Å². The van der Waals surface area contributed by atoms with Crippen LogP contribution in [0.25, 0.3) is 0 Å². The molecule has 0 saturated heterocycles. The highest BCUT2D eigenvalue weighted by molar-refractivity contribution is 5.99. The first-order valence-corrected chi connectivity index (χ1v) is 5.02. The summed E-state index contributed by atoms with van der Waals surface area (Å²) >= 11 is 0. The fraction of sp³-hybridized carbons (Fsp3) is 0.455. The average Bonchev–Trinajstić information content (AvgIpc) is 2.87. The maximum atomic E-state index is 5.40. The van der Waals surface area contributed by atoms with Gasteiger partial charge in [0.1, 0.15) is 38.3 Å². The number of hydrogen-bond acceptors (Lipinski definition) is 2. The third kappa shape index (κ3) is 1.80. The molecule has 2 heterocycles. The summed E-state index contributed by atoms with van der Waals surface area (Å²) in [6.07, 6.45) is 11.6. The third-order valence-corrected chi connectivity index (χ3v) is 2.63. The fourth-order valence-electron chi connectivity index (χ4n) is 1.84. The van der Waals surface area contributed by atoms with E-state index in [0.717, 1.165) is 44.3 Å². The van der Waals surface area contributed by atoms with E-state index >= 15 is 0 Å². The van der Waals surface area contributed by atoms with Gasteiger partial charge < -0.3 is 0 Å². The molecule has 76 valence electrons. The molecule has 4 heteroatoms. The molecule has 0 spiro atoms. The van der Waals surface area contributed by atoms with Crippen molar-refractivity contribution in [2.75, 3.05) is 26.2 Å². The second-order valence-electron chi connectivity index (χ2n) is 3.49. The van der Waals surface area contributed by atoms with Gasteiger partial charge in [-0.1, -0.05) is 12.8 Å². The van der Waals surface area contributed by atoms with Gasteiger partial charge in [-0.3, -0.25) is 10.6 Å². The molecule has 15 heavy (non-hydrogen) atoms. The summed E-state index contributed by atoms with van der Waals surface area (Å²) in [5, 5.41) is 6.55. The molecule has 2 rings (SSSR count). The first-order chi connectivity index (χ1) is 7.35. The molecular weight excluding hydrogens is 188 g/mol. The van der Waals surface area contributed by atoms with Crippen molar-refractivity contribution < 1.29 is 9.15 Å². The van der Waals surface area contributed by atoms with Gasteiger partial charge in [0.2, 0.25) is 0 Å². The van der Waals surface area contributed by atoms with E-state index in [0.29, 0.717) is 0 Å². The van der Waals surface area contributed by atoms with E-state index in [2.05, 4.69) is 22.7 Å². The van der Waals surface area contributed by atoms with Crippen molar-refractivity contribution in [2.45, 2.75) is 6.42 Å². The highest BCUT2D eigenvalue weighted by atomic mass is 15.2. The van der Waals surface area contributed by atoms with Crippen LogP contribution in [0.3, 0.4) is 0 Å². The number of rotatable bonds is 2. The summed E-state index contributed by atoms with van der Waals surface area (Å²) in [7, 11) is 0. The van der Waals surface area contributed by atoms with Crippen LogP contribution in [-0.2, 0) is 0 Å². The minimum atomic E-state index is 0.758. The lowest BCUT2D eigenvalue weighted by molar-refractivity contribution is -0.429. The first kappa shape index (κ1) is 9.61. The topological polar surface area (TPSA) is 30.1 Å². The number of hydrogen-bond donors (Lipinski definition) is 2. The Morgan fingerprint density at radius 3 is 1.87 bits per heavy atom. The largest absolute Gasteiger partial charge is 0.273 e. The Morgan fingerprint density at radius 1 is 1.00 bits per heavy atom. The summed E-state index contributed by atoms with van der Waals surface area (Å²) in [4.78, 5) is 0. The summed E-state index contributed by atoms with van der Waals surface area (Å²) in [6, 6.07) is 5.29. The fourth-order valence-corrected chi connectivity index (χ4v) is 1.84. The van der Waals surface area contributed by atoms with Crippen LogP contribution in [0.1, 0.15) is 6.42 Å². The summed E-state index contributed by atoms with van der Waals surface area (Å²) in [5.74, 6) is 2.12. The lowest BCUT2D eigenvalue weighted by atomic mass is 10.3. The molecular formula is C11H14N4+2.